The van der Waals surface area contributed by atoms with Crippen LogP contribution in [0.2, 0.25) is 0 Å². The summed E-state index contributed by atoms with van der Waals surface area (Å²) < 4.78 is 65.4. The second kappa shape index (κ2) is 7.28. The molecule has 0 N–H and O–H groups in total. The maximum atomic E-state index is 12.6. The van der Waals surface area contributed by atoms with Crippen LogP contribution in [0.1, 0.15) is 11.1 Å². The highest BCUT2D eigenvalue weighted by Crippen LogP contribution is 2.29. The molecule has 3 aromatic rings. The summed E-state index contributed by atoms with van der Waals surface area (Å²) in [6.07, 6.45) is -4.42. The smallest absolute Gasteiger partial charge is 0.244 e. The normalized spacial score (nSPS) is 12.8. The number of hydrogen-bond donors (Lipinski definition) is 0. The van der Waals surface area contributed by atoms with Crippen LogP contribution in [0.25, 0.3) is 11.0 Å². The summed E-state index contributed by atoms with van der Waals surface area (Å²) >= 11 is 0. The van der Waals surface area contributed by atoms with Crippen LogP contribution in [-0.2, 0) is 29.3 Å². The van der Waals surface area contributed by atoms with Crippen molar-refractivity contribution in [3.05, 3.63) is 59.7 Å². The van der Waals surface area contributed by atoms with E-state index in [0.717, 1.165) is 22.0 Å². The van der Waals surface area contributed by atoms with Gasteiger partial charge in [0.05, 0.1) is 23.4 Å². The van der Waals surface area contributed by atoms with Crippen molar-refractivity contribution in [2.45, 2.75) is 19.3 Å². The van der Waals surface area contributed by atoms with Crippen molar-refractivity contribution in [3.63, 3.8) is 0 Å². The maximum Gasteiger partial charge on any atom is 0.416 e. The van der Waals surface area contributed by atoms with Gasteiger partial charge in [0, 0.05) is 13.6 Å². The molecule has 0 unspecified atom stereocenters. The Kier molecular flexibility index (Phi) is 5.20. The third-order valence-corrected chi connectivity index (χ3v) is 5.92. The van der Waals surface area contributed by atoms with E-state index in [-0.39, 0.29) is 18.8 Å². The van der Waals surface area contributed by atoms with E-state index in [1.54, 1.807) is 12.1 Å². The van der Waals surface area contributed by atoms with Crippen molar-refractivity contribution in [2.75, 3.05) is 12.8 Å². The van der Waals surface area contributed by atoms with Gasteiger partial charge in [0.15, 0.2) is 0 Å². The molecule has 0 spiro atoms. The fourth-order valence-electron chi connectivity index (χ4n) is 2.59. The highest BCUT2D eigenvalue weighted by molar-refractivity contribution is 7.89. The molecule has 3 rings (SSSR count). The Morgan fingerprint density at radius 2 is 1.74 bits per heavy atom. The van der Waals surface area contributed by atoms with Crippen LogP contribution in [0, 0.1) is 0 Å². The van der Waals surface area contributed by atoms with Crippen molar-refractivity contribution in [3.8, 4) is 0 Å². The Hall–Kier alpha value is -2.46. The first kappa shape index (κ1) is 19.3. The Morgan fingerprint density at radius 1 is 1.07 bits per heavy atom. The lowest BCUT2D eigenvalue weighted by Crippen LogP contribution is -2.30. The molecule has 10 heteroatoms. The molecule has 0 aliphatic carbocycles. The molecule has 1 aromatic heterocycles. The average molecular weight is 398 g/mol. The number of aromatic nitrogens is 3. The van der Waals surface area contributed by atoms with Crippen LogP contribution in [0.15, 0.2) is 48.5 Å². The van der Waals surface area contributed by atoms with E-state index in [2.05, 4.69) is 10.3 Å². The van der Waals surface area contributed by atoms with Gasteiger partial charge in [-0.2, -0.15) is 13.2 Å². The number of aryl methyl sites for hydroxylation is 1. The molecule has 0 radical (unpaired) electrons. The molecule has 0 aliphatic heterocycles. The quantitative estimate of drug-likeness (QED) is 0.640. The highest BCUT2D eigenvalue weighted by atomic mass is 32.2. The number of para-hydroxylation sites is 1. The highest BCUT2D eigenvalue weighted by Gasteiger charge is 2.30. The van der Waals surface area contributed by atoms with Gasteiger partial charge in [0.25, 0.3) is 0 Å². The van der Waals surface area contributed by atoms with Gasteiger partial charge in [-0.25, -0.2) is 17.4 Å². The zero-order valence-corrected chi connectivity index (χ0v) is 15.2. The van der Waals surface area contributed by atoms with Crippen molar-refractivity contribution in [1.29, 1.82) is 0 Å². The van der Waals surface area contributed by atoms with Crippen LogP contribution >= 0.6 is 0 Å². The average Bonchev–Trinajstić information content (AvgIpc) is 3.03. The number of sulfonamides is 1. The summed E-state index contributed by atoms with van der Waals surface area (Å²) in [4.78, 5) is 0. The van der Waals surface area contributed by atoms with E-state index in [0.29, 0.717) is 11.1 Å². The molecular weight excluding hydrogens is 381 g/mol. The maximum absolute atomic E-state index is 12.6. The van der Waals surface area contributed by atoms with Crippen molar-refractivity contribution in [2.24, 2.45) is 0 Å². The Morgan fingerprint density at radius 3 is 2.41 bits per heavy atom. The number of rotatable bonds is 6. The van der Waals surface area contributed by atoms with Gasteiger partial charge in [-0.05, 0) is 29.8 Å². The predicted octanol–water partition coefficient (Wildman–Crippen LogP) is 2.91. The van der Waals surface area contributed by atoms with E-state index in [4.69, 9.17) is 0 Å². The molecule has 0 amide bonds. The molecule has 2 aromatic carbocycles. The molecule has 0 saturated heterocycles. The fraction of sp³-hybridized carbons (Fsp3) is 0.294. The van der Waals surface area contributed by atoms with Gasteiger partial charge >= 0.3 is 6.18 Å². The number of hydrogen-bond acceptors (Lipinski definition) is 4. The van der Waals surface area contributed by atoms with E-state index in [1.807, 2.05) is 12.1 Å². The van der Waals surface area contributed by atoms with E-state index < -0.39 is 21.8 Å². The Bertz CT molecular complexity index is 1030. The topological polar surface area (TPSA) is 68.1 Å². The molecule has 0 bridgehead atoms. The summed E-state index contributed by atoms with van der Waals surface area (Å²) in [6, 6.07) is 11.6. The summed E-state index contributed by atoms with van der Waals surface area (Å²) in [5.41, 5.74) is 1.11. The fourth-order valence-corrected chi connectivity index (χ4v) is 3.66. The minimum Gasteiger partial charge on any atom is -0.244 e. The van der Waals surface area contributed by atoms with Gasteiger partial charge in [0.2, 0.25) is 10.0 Å². The monoisotopic (exact) mass is 398 g/mol. The number of halogens is 3. The van der Waals surface area contributed by atoms with Gasteiger partial charge in [-0.15, -0.1) is 5.10 Å². The van der Waals surface area contributed by atoms with Gasteiger partial charge in [-0.1, -0.05) is 29.5 Å². The van der Waals surface area contributed by atoms with Crippen LogP contribution in [0.5, 0.6) is 0 Å². The number of alkyl halides is 3. The predicted molar refractivity (Wildman–Crippen MR) is 94.2 cm³/mol. The summed E-state index contributed by atoms with van der Waals surface area (Å²) in [5.74, 6) is -0.197. The number of nitrogens with zero attached hydrogens (tertiary/aromatic N) is 4. The first-order valence-corrected chi connectivity index (χ1v) is 9.66. The molecule has 0 fully saturated rings. The second-order valence-electron chi connectivity index (χ2n) is 6.07. The Labute approximate surface area is 154 Å². The molecule has 6 nitrogen and oxygen atoms in total. The van der Waals surface area contributed by atoms with Crippen LogP contribution in [-0.4, -0.2) is 40.5 Å². The van der Waals surface area contributed by atoms with Crippen LogP contribution < -0.4 is 0 Å². The first-order chi connectivity index (χ1) is 12.7. The lowest BCUT2D eigenvalue weighted by atomic mass is 10.1. The van der Waals surface area contributed by atoms with E-state index in [1.165, 1.54) is 23.9 Å². The molecule has 1 heterocycles. The van der Waals surface area contributed by atoms with Gasteiger partial charge in [-0.3, -0.25) is 0 Å². The van der Waals surface area contributed by atoms with Crippen molar-refractivity contribution in [1.82, 2.24) is 19.3 Å². The zero-order valence-electron chi connectivity index (χ0n) is 14.4. The lowest BCUT2D eigenvalue weighted by Gasteiger charge is -2.17. The molecular formula is C17H17F3N4O2S. The number of fused-ring (bicyclic) bond motifs is 1. The second-order valence-corrected chi connectivity index (χ2v) is 8.26. The molecule has 0 atom stereocenters. The largest absolute Gasteiger partial charge is 0.416 e. The lowest BCUT2D eigenvalue weighted by molar-refractivity contribution is -0.137. The summed E-state index contributed by atoms with van der Waals surface area (Å²) in [7, 11) is -2.22. The molecule has 0 aliphatic rings. The van der Waals surface area contributed by atoms with Crippen LogP contribution in [0.3, 0.4) is 0 Å². The minimum absolute atomic E-state index is 0.0153. The van der Waals surface area contributed by atoms with Gasteiger partial charge in [0.1, 0.15) is 5.52 Å². The molecule has 27 heavy (non-hydrogen) atoms. The molecule has 144 valence electrons. The van der Waals surface area contributed by atoms with E-state index in [9.17, 15) is 21.6 Å². The summed E-state index contributed by atoms with van der Waals surface area (Å²) in [6.45, 7) is 0.110. The standard InChI is InChI=1S/C17H17F3N4O2S/c1-23(12-13-6-8-14(9-7-13)17(18,19)20)27(25,26)11-10-24-16-5-3-2-4-15(16)21-22-24/h2-9H,10-12H2,1H3. The van der Waals surface area contributed by atoms with Gasteiger partial charge < -0.3 is 0 Å². The third kappa shape index (κ3) is 4.45. The van der Waals surface area contributed by atoms with Crippen LogP contribution in [0.4, 0.5) is 13.2 Å². The van der Waals surface area contributed by atoms with Crippen molar-refractivity contribution < 1.29 is 21.6 Å². The summed E-state index contributed by atoms with van der Waals surface area (Å²) in [5, 5.41) is 7.92. The Balaban J connectivity index is 1.65. The number of benzene rings is 2. The SMILES string of the molecule is CN(Cc1ccc(C(F)(F)F)cc1)S(=O)(=O)CCn1nnc2ccccc21. The zero-order chi connectivity index (χ0) is 19.7. The molecule has 0 saturated carbocycles. The third-order valence-electron chi connectivity index (χ3n) is 4.14. The van der Waals surface area contributed by atoms with E-state index >= 15 is 0 Å². The first-order valence-electron chi connectivity index (χ1n) is 8.05. The minimum atomic E-state index is -4.42. The van der Waals surface area contributed by atoms with Crippen molar-refractivity contribution >= 4 is 21.1 Å².